The Balaban J connectivity index is 2.85. The molecular weight excluding hydrogens is 293 g/mol. The van der Waals surface area contributed by atoms with Gasteiger partial charge in [-0.05, 0) is 6.92 Å². The molecule has 1 aromatic rings. The van der Waals surface area contributed by atoms with Crippen molar-refractivity contribution in [1.29, 1.82) is 0 Å². The average Bonchev–Trinajstić information content (AvgIpc) is 2.36. The molecular formula is C11H13Cl2N3O3. The number of nitrogens with zero attached hydrogens (tertiary/aromatic N) is 2. The van der Waals surface area contributed by atoms with Gasteiger partial charge in [-0.3, -0.25) is 14.9 Å². The van der Waals surface area contributed by atoms with Gasteiger partial charge in [-0.1, -0.05) is 23.2 Å². The summed E-state index contributed by atoms with van der Waals surface area (Å²) >= 11 is 11.8. The molecule has 104 valence electrons. The van der Waals surface area contributed by atoms with E-state index in [9.17, 15) is 14.9 Å². The predicted octanol–water partition coefficient (Wildman–Crippen LogP) is 2.79. The first kappa shape index (κ1) is 15.5. The van der Waals surface area contributed by atoms with E-state index in [0.717, 1.165) is 0 Å². The molecule has 1 amide bonds. The van der Waals surface area contributed by atoms with Crippen LogP contribution >= 0.6 is 23.2 Å². The van der Waals surface area contributed by atoms with Gasteiger partial charge in [-0.15, -0.1) is 0 Å². The third-order valence-electron chi connectivity index (χ3n) is 2.55. The number of likely N-dealkylation sites (N-methyl/N-ethyl adjacent to an activating group) is 1. The van der Waals surface area contributed by atoms with E-state index in [1.54, 1.807) is 7.05 Å². The molecule has 0 unspecified atom stereocenters. The average molecular weight is 306 g/mol. The number of halogens is 2. The lowest BCUT2D eigenvalue weighted by atomic mass is 10.2. The van der Waals surface area contributed by atoms with Crippen LogP contribution in [0.5, 0.6) is 0 Å². The Kier molecular flexibility index (Phi) is 5.38. The number of carbonyl (C=O) groups excluding carboxylic acids is 1. The van der Waals surface area contributed by atoms with Gasteiger partial charge in [-0.2, -0.15) is 0 Å². The van der Waals surface area contributed by atoms with Crippen LogP contribution in [0.4, 0.5) is 11.4 Å². The maximum atomic E-state index is 11.6. The van der Waals surface area contributed by atoms with E-state index < -0.39 is 4.92 Å². The van der Waals surface area contributed by atoms with E-state index in [1.807, 2.05) is 6.92 Å². The second kappa shape index (κ2) is 6.58. The van der Waals surface area contributed by atoms with Crippen LogP contribution in [0.1, 0.15) is 6.92 Å². The van der Waals surface area contributed by atoms with Crippen molar-refractivity contribution in [2.75, 3.05) is 25.5 Å². The number of carbonyl (C=O) groups is 1. The molecule has 0 atom stereocenters. The van der Waals surface area contributed by atoms with E-state index in [1.165, 1.54) is 17.0 Å². The summed E-state index contributed by atoms with van der Waals surface area (Å²) in [5.41, 5.74) is 0.115. The summed E-state index contributed by atoms with van der Waals surface area (Å²) in [6.07, 6.45) is 0. The molecule has 0 fully saturated rings. The Hall–Kier alpha value is -1.53. The van der Waals surface area contributed by atoms with Crippen LogP contribution in [-0.2, 0) is 4.79 Å². The minimum absolute atomic E-state index is 0.0155. The second-order valence-corrected chi connectivity index (χ2v) is 4.62. The topological polar surface area (TPSA) is 75.5 Å². The highest BCUT2D eigenvalue weighted by molar-refractivity contribution is 6.39. The fourth-order valence-electron chi connectivity index (χ4n) is 1.31. The van der Waals surface area contributed by atoms with Gasteiger partial charge in [-0.25, -0.2) is 0 Å². The number of hydrogen-bond acceptors (Lipinski definition) is 4. The highest BCUT2D eigenvalue weighted by Crippen LogP contribution is 2.34. The van der Waals surface area contributed by atoms with Crippen LogP contribution in [0.3, 0.4) is 0 Å². The maximum absolute atomic E-state index is 11.6. The largest absolute Gasteiger partial charge is 0.374 e. The Morgan fingerprint density at radius 3 is 2.37 bits per heavy atom. The smallest absolute Gasteiger partial charge is 0.272 e. The lowest BCUT2D eigenvalue weighted by Gasteiger charge is -2.16. The third-order valence-corrected chi connectivity index (χ3v) is 3.15. The molecule has 19 heavy (non-hydrogen) atoms. The first-order valence-electron chi connectivity index (χ1n) is 5.48. The van der Waals surface area contributed by atoms with Crippen molar-refractivity contribution in [3.8, 4) is 0 Å². The zero-order valence-corrected chi connectivity index (χ0v) is 12.0. The van der Waals surface area contributed by atoms with E-state index in [4.69, 9.17) is 23.2 Å². The Labute approximate surface area is 120 Å². The molecule has 8 heteroatoms. The Bertz CT molecular complexity index is 485. The molecule has 0 aliphatic rings. The molecule has 0 radical (unpaired) electrons. The van der Waals surface area contributed by atoms with Crippen LogP contribution in [0, 0.1) is 10.1 Å². The zero-order chi connectivity index (χ0) is 14.6. The molecule has 6 nitrogen and oxygen atoms in total. The highest BCUT2D eigenvalue weighted by atomic mass is 35.5. The SMILES string of the molecule is CCN(C)C(=O)CNc1c(Cl)cc([N+](=O)[O-])cc1Cl. The number of benzene rings is 1. The van der Waals surface area contributed by atoms with E-state index in [0.29, 0.717) is 12.2 Å². The molecule has 0 bridgehead atoms. The maximum Gasteiger partial charge on any atom is 0.272 e. The molecule has 0 saturated heterocycles. The lowest BCUT2D eigenvalue weighted by Crippen LogP contribution is -2.31. The number of anilines is 1. The van der Waals surface area contributed by atoms with E-state index >= 15 is 0 Å². The zero-order valence-electron chi connectivity index (χ0n) is 10.4. The van der Waals surface area contributed by atoms with Crippen LogP contribution in [0.2, 0.25) is 10.0 Å². The molecule has 0 aliphatic carbocycles. The van der Waals surface area contributed by atoms with Crippen LogP contribution in [0.15, 0.2) is 12.1 Å². The highest BCUT2D eigenvalue weighted by Gasteiger charge is 2.15. The molecule has 0 aromatic heterocycles. The van der Waals surface area contributed by atoms with Crippen molar-refractivity contribution in [2.24, 2.45) is 0 Å². The summed E-state index contributed by atoms with van der Waals surface area (Å²) in [4.78, 5) is 23.2. The van der Waals surface area contributed by atoms with Gasteiger partial charge < -0.3 is 10.2 Å². The number of nitro groups is 1. The van der Waals surface area contributed by atoms with Crippen molar-refractivity contribution in [1.82, 2.24) is 4.90 Å². The summed E-state index contributed by atoms with van der Waals surface area (Å²) < 4.78 is 0. The standard InChI is InChI=1S/C11H13Cl2N3O3/c1-3-15(2)10(17)6-14-11-8(12)4-7(16(18)19)5-9(11)13/h4-5,14H,3,6H2,1-2H3. The summed E-state index contributed by atoms with van der Waals surface area (Å²) in [5, 5.41) is 13.6. The van der Waals surface area contributed by atoms with Crippen LogP contribution in [-0.4, -0.2) is 35.9 Å². The molecule has 1 aromatic carbocycles. The molecule has 0 spiro atoms. The van der Waals surface area contributed by atoms with Crippen molar-refractivity contribution in [3.05, 3.63) is 32.3 Å². The third kappa shape index (κ3) is 3.97. The molecule has 0 aliphatic heterocycles. The number of hydrogen-bond donors (Lipinski definition) is 1. The minimum Gasteiger partial charge on any atom is -0.374 e. The second-order valence-electron chi connectivity index (χ2n) is 3.80. The Morgan fingerprint density at radius 1 is 1.42 bits per heavy atom. The summed E-state index contributed by atoms with van der Waals surface area (Å²) in [6.45, 7) is 2.45. The number of amides is 1. The van der Waals surface area contributed by atoms with Crippen molar-refractivity contribution >= 4 is 40.5 Å². The normalized spacial score (nSPS) is 10.1. The summed E-state index contributed by atoms with van der Waals surface area (Å²) in [5.74, 6) is -0.131. The predicted molar refractivity (Wildman–Crippen MR) is 74.9 cm³/mol. The molecule has 1 rings (SSSR count). The first-order chi connectivity index (χ1) is 8.86. The number of nitro benzene ring substituents is 1. The summed E-state index contributed by atoms with van der Waals surface area (Å²) in [6, 6.07) is 2.37. The number of non-ortho nitro benzene ring substituents is 1. The van der Waals surface area contributed by atoms with Crippen molar-refractivity contribution in [2.45, 2.75) is 6.92 Å². The van der Waals surface area contributed by atoms with Crippen LogP contribution in [0.25, 0.3) is 0 Å². The van der Waals surface area contributed by atoms with E-state index in [-0.39, 0.29) is 28.2 Å². The van der Waals surface area contributed by atoms with Gasteiger partial charge in [0, 0.05) is 25.7 Å². The van der Waals surface area contributed by atoms with Gasteiger partial charge in [0.15, 0.2) is 0 Å². The Morgan fingerprint density at radius 2 is 1.95 bits per heavy atom. The summed E-state index contributed by atoms with van der Waals surface area (Å²) in [7, 11) is 1.67. The first-order valence-corrected chi connectivity index (χ1v) is 6.23. The number of rotatable bonds is 5. The van der Waals surface area contributed by atoms with E-state index in [2.05, 4.69) is 5.32 Å². The van der Waals surface area contributed by atoms with Gasteiger partial charge >= 0.3 is 0 Å². The van der Waals surface area contributed by atoms with Crippen molar-refractivity contribution < 1.29 is 9.72 Å². The van der Waals surface area contributed by atoms with Gasteiger partial charge in [0.1, 0.15) is 0 Å². The molecule has 0 saturated carbocycles. The number of nitrogens with one attached hydrogen (secondary N) is 1. The van der Waals surface area contributed by atoms with Crippen LogP contribution < -0.4 is 5.32 Å². The van der Waals surface area contributed by atoms with Gasteiger partial charge in [0.2, 0.25) is 5.91 Å². The van der Waals surface area contributed by atoms with Gasteiger partial charge in [0.05, 0.1) is 27.2 Å². The van der Waals surface area contributed by atoms with Gasteiger partial charge in [0.25, 0.3) is 5.69 Å². The monoisotopic (exact) mass is 305 g/mol. The lowest BCUT2D eigenvalue weighted by molar-refractivity contribution is -0.384. The fraction of sp³-hybridized carbons (Fsp3) is 0.364. The molecule has 1 N–H and O–H groups in total. The quantitative estimate of drug-likeness (QED) is 0.670. The fourth-order valence-corrected chi connectivity index (χ4v) is 1.92. The minimum atomic E-state index is -0.586. The molecule has 0 heterocycles. The van der Waals surface area contributed by atoms with Crippen molar-refractivity contribution in [3.63, 3.8) is 0 Å².